The number of benzene rings is 2. The zero-order valence-corrected chi connectivity index (χ0v) is 16.4. The van der Waals surface area contributed by atoms with Gasteiger partial charge < -0.3 is 23.8 Å². The first-order valence-corrected chi connectivity index (χ1v) is 9.11. The molecule has 2 aromatic rings. The summed E-state index contributed by atoms with van der Waals surface area (Å²) in [5.41, 5.74) is 1.99. The summed E-state index contributed by atoms with van der Waals surface area (Å²) in [6.45, 7) is 1.16. The number of methoxy groups -OCH3 is 3. The van der Waals surface area contributed by atoms with Gasteiger partial charge in [-0.15, -0.1) is 0 Å². The maximum atomic E-state index is 12.5. The molecule has 0 radical (unpaired) electrons. The summed E-state index contributed by atoms with van der Waals surface area (Å²) in [7, 11) is 4.85. The minimum Gasteiger partial charge on any atom is -0.496 e. The van der Waals surface area contributed by atoms with Crippen molar-refractivity contribution < 1.29 is 23.7 Å². The third-order valence-corrected chi connectivity index (χ3v) is 4.70. The lowest BCUT2D eigenvalue weighted by Gasteiger charge is -2.28. The Morgan fingerprint density at radius 3 is 2.18 bits per heavy atom. The van der Waals surface area contributed by atoms with Crippen LogP contribution in [0.3, 0.4) is 0 Å². The summed E-state index contributed by atoms with van der Waals surface area (Å²) in [6.07, 6.45) is 2.74. The van der Waals surface area contributed by atoms with Gasteiger partial charge in [0.05, 0.1) is 26.9 Å². The lowest BCUT2D eigenvalue weighted by molar-refractivity contribution is -0.132. The number of carbonyl (C=O) groups is 1. The maximum absolute atomic E-state index is 12.5. The molecule has 0 saturated heterocycles. The van der Waals surface area contributed by atoms with E-state index in [4.69, 9.17) is 18.9 Å². The standard InChI is InChI=1S/C22H25NO5/c1-25-18-13-19(26-2)22(20(14-18)27-3)16-9-11-23(12-10-16)21(24)15-28-17-7-5-4-6-8-17/h4-9,13-14H,10-12,15H2,1-3H3. The summed E-state index contributed by atoms with van der Waals surface area (Å²) in [5.74, 6) is 2.71. The third-order valence-electron chi connectivity index (χ3n) is 4.70. The second-order valence-corrected chi connectivity index (χ2v) is 6.33. The van der Waals surface area contributed by atoms with Crippen LogP contribution >= 0.6 is 0 Å². The van der Waals surface area contributed by atoms with Crippen LogP contribution < -0.4 is 18.9 Å². The first-order chi connectivity index (χ1) is 13.7. The average molecular weight is 383 g/mol. The molecule has 1 aliphatic heterocycles. The van der Waals surface area contributed by atoms with Crippen molar-refractivity contribution in [1.82, 2.24) is 4.90 Å². The maximum Gasteiger partial charge on any atom is 0.260 e. The van der Waals surface area contributed by atoms with Crippen LogP contribution in [0.1, 0.15) is 12.0 Å². The zero-order valence-electron chi connectivity index (χ0n) is 16.4. The Morgan fingerprint density at radius 2 is 1.64 bits per heavy atom. The Balaban J connectivity index is 1.70. The number of hydrogen-bond acceptors (Lipinski definition) is 5. The predicted octanol–water partition coefficient (Wildman–Crippen LogP) is 3.41. The molecule has 1 aliphatic rings. The number of amides is 1. The summed E-state index contributed by atoms with van der Waals surface area (Å²) >= 11 is 0. The molecular weight excluding hydrogens is 358 g/mol. The number of rotatable bonds is 7. The Labute approximate surface area is 165 Å². The average Bonchev–Trinajstić information content (AvgIpc) is 2.77. The van der Waals surface area contributed by atoms with Gasteiger partial charge >= 0.3 is 0 Å². The van der Waals surface area contributed by atoms with E-state index < -0.39 is 0 Å². The van der Waals surface area contributed by atoms with Crippen molar-refractivity contribution in [2.75, 3.05) is 41.0 Å². The SMILES string of the molecule is COc1cc(OC)c(C2=CCN(C(=O)COc3ccccc3)CC2)c(OC)c1. The van der Waals surface area contributed by atoms with E-state index in [1.807, 2.05) is 48.5 Å². The van der Waals surface area contributed by atoms with Crippen LogP contribution in [0.5, 0.6) is 23.0 Å². The van der Waals surface area contributed by atoms with Crippen LogP contribution in [-0.4, -0.2) is 51.8 Å². The fourth-order valence-electron chi connectivity index (χ4n) is 3.20. The predicted molar refractivity (Wildman–Crippen MR) is 107 cm³/mol. The van der Waals surface area contributed by atoms with E-state index in [0.29, 0.717) is 42.5 Å². The highest BCUT2D eigenvalue weighted by molar-refractivity contribution is 5.81. The van der Waals surface area contributed by atoms with Gasteiger partial charge in [0.1, 0.15) is 23.0 Å². The van der Waals surface area contributed by atoms with Gasteiger partial charge in [-0.3, -0.25) is 4.79 Å². The minimum absolute atomic E-state index is 0.0301. The highest BCUT2D eigenvalue weighted by Gasteiger charge is 2.23. The van der Waals surface area contributed by atoms with E-state index in [2.05, 4.69) is 0 Å². The van der Waals surface area contributed by atoms with Crippen molar-refractivity contribution >= 4 is 11.5 Å². The normalized spacial score (nSPS) is 13.5. The number of carbonyl (C=O) groups excluding carboxylic acids is 1. The molecule has 0 bridgehead atoms. The van der Waals surface area contributed by atoms with Gasteiger partial charge in [0.2, 0.25) is 0 Å². The van der Waals surface area contributed by atoms with E-state index in [1.54, 1.807) is 26.2 Å². The van der Waals surface area contributed by atoms with E-state index in [9.17, 15) is 4.79 Å². The van der Waals surface area contributed by atoms with Crippen molar-refractivity contribution in [3.05, 3.63) is 54.1 Å². The number of nitrogens with zero attached hydrogens (tertiary/aromatic N) is 1. The number of hydrogen-bond donors (Lipinski definition) is 0. The molecule has 6 heteroatoms. The summed E-state index contributed by atoms with van der Waals surface area (Å²) in [5, 5.41) is 0. The molecule has 0 aliphatic carbocycles. The smallest absolute Gasteiger partial charge is 0.260 e. The minimum atomic E-state index is -0.0344. The molecule has 0 fully saturated rings. The fourth-order valence-corrected chi connectivity index (χ4v) is 3.20. The molecule has 0 N–H and O–H groups in total. The van der Waals surface area contributed by atoms with Crippen molar-refractivity contribution in [3.63, 3.8) is 0 Å². The zero-order chi connectivity index (χ0) is 19.9. The Hall–Kier alpha value is -3.15. The van der Waals surface area contributed by atoms with Crippen LogP contribution in [-0.2, 0) is 4.79 Å². The molecule has 28 heavy (non-hydrogen) atoms. The van der Waals surface area contributed by atoms with Gasteiger partial charge in [-0.2, -0.15) is 0 Å². The van der Waals surface area contributed by atoms with E-state index in [0.717, 1.165) is 11.1 Å². The van der Waals surface area contributed by atoms with Gasteiger partial charge in [0.15, 0.2) is 6.61 Å². The van der Waals surface area contributed by atoms with Gasteiger partial charge in [-0.1, -0.05) is 24.3 Å². The van der Waals surface area contributed by atoms with Crippen LogP contribution in [0.2, 0.25) is 0 Å². The molecule has 1 amide bonds. The summed E-state index contributed by atoms with van der Waals surface area (Å²) in [4.78, 5) is 14.2. The van der Waals surface area contributed by atoms with Gasteiger partial charge in [-0.25, -0.2) is 0 Å². The Kier molecular flexibility index (Phi) is 6.42. The molecule has 0 atom stereocenters. The van der Waals surface area contributed by atoms with Gasteiger partial charge in [0, 0.05) is 25.2 Å². The molecule has 6 nitrogen and oxygen atoms in total. The number of para-hydroxylation sites is 1. The van der Waals surface area contributed by atoms with Crippen LogP contribution in [0.4, 0.5) is 0 Å². The van der Waals surface area contributed by atoms with Crippen molar-refractivity contribution in [1.29, 1.82) is 0 Å². The molecule has 0 saturated carbocycles. The molecule has 1 heterocycles. The third kappa shape index (κ3) is 4.39. The van der Waals surface area contributed by atoms with Crippen molar-refractivity contribution in [3.8, 4) is 23.0 Å². The summed E-state index contributed by atoms with van der Waals surface area (Å²) < 4.78 is 22.0. The molecule has 0 unspecified atom stereocenters. The van der Waals surface area contributed by atoms with Crippen LogP contribution in [0.15, 0.2) is 48.5 Å². The van der Waals surface area contributed by atoms with Gasteiger partial charge in [-0.05, 0) is 24.1 Å². The topological polar surface area (TPSA) is 57.2 Å². The molecule has 0 aromatic heterocycles. The molecule has 2 aromatic carbocycles. The van der Waals surface area contributed by atoms with E-state index in [-0.39, 0.29) is 12.5 Å². The monoisotopic (exact) mass is 383 g/mol. The van der Waals surface area contributed by atoms with E-state index in [1.165, 1.54) is 0 Å². The molecule has 148 valence electrons. The first kappa shape index (κ1) is 19.6. The molecule has 3 rings (SSSR count). The second kappa shape index (κ2) is 9.17. The highest BCUT2D eigenvalue weighted by atomic mass is 16.5. The number of ether oxygens (including phenoxy) is 4. The van der Waals surface area contributed by atoms with Crippen molar-refractivity contribution in [2.24, 2.45) is 0 Å². The Morgan fingerprint density at radius 1 is 0.964 bits per heavy atom. The van der Waals surface area contributed by atoms with Crippen LogP contribution in [0.25, 0.3) is 5.57 Å². The summed E-state index contributed by atoms with van der Waals surface area (Å²) in [6, 6.07) is 13.0. The van der Waals surface area contributed by atoms with Crippen LogP contribution in [0, 0.1) is 0 Å². The van der Waals surface area contributed by atoms with E-state index >= 15 is 0 Å². The molecular formula is C22H25NO5. The lowest BCUT2D eigenvalue weighted by atomic mass is 9.97. The first-order valence-electron chi connectivity index (χ1n) is 9.11. The second-order valence-electron chi connectivity index (χ2n) is 6.33. The quantitative estimate of drug-likeness (QED) is 0.733. The highest BCUT2D eigenvalue weighted by Crippen LogP contribution is 2.40. The fraction of sp³-hybridized carbons (Fsp3) is 0.318. The Bertz CT molecular complexity index is 822. The molecule has 0 spiro atoms. The lowest BCUT2D eigenvalue weighted by Crippen LogP contribution is -2.37. The largest absolute Gasteiger partial charge is 0.496 e. The van der Waals surface area contributed by atoms with Crippen molar-refractivity contribution in [2.45, 2.75) is 6.42 Å². The van der Waals surface area contributed by atoms with Gasteiger partial charge in [0.25, 0.3) is 5.91 Å².